The van der Waals surface area contributed by atoms with Crippen molar-refractivity contribution < 1.29 is 14.3 Å². The van der Waals surface area contributed by atoms with Crippen molar-refractivity contribution in [3.63, 3.8) is 0 Å². The van der Waals surface area contributed by atoms with Crippen molar-refractivity contribution >= 4 is 5.97 Å². The molecule has 0 fully saturated rings. The first kappa shape index (κ1) is 14.0. The molecule has 0 unspecified atom stereocenters. The van der Waals surface area contributed by atoms with Crippen LogP contribution in [0.5, 0.6) is 0 Å². The van der Waals surface area contributed by atoms with Crippen molar-refractivity contribution in [3.05, 3.63) is 34.9 Å². The molecular weight excluding hydrogens is 242 g/mol. The number of nitrogens with one attached hydrogen (secondary N) is 1. The minimum atomic E-state index is -0.244. The molecule has 2 rings (SSSR count). The fourth-order valence-corrected chi connectivity index (χ4v) is 2.22. The van der Waals surface area contributed by atoms with Gasteiger partial charge >= 0.3 is 5.97 Å². The smallest absolute Gasteiger partial charge is 0.338 e. The van der Waals surface area contributed by atoms with Crippen LogP contribution in [-0.4, -0.2) is 31.8 Å². The van der Waals surface area contributed by atoms with E-state index in [-0.39, 0.29) is 12.1 Å². The Hall–Kier alpha value is -1.39. The van der Waals surface area contributed by atoms with E-state index in [9.17, 15) is 4.79 Å². The molecule has 104 valence electrons. The van der Waals surface area contributed by atoms with Gasteiger partial charge in [0, 0.05) is 6.54 Å². The summed E-state index contributed by atoms with van der Waals surface area (Å²) in [5.41, 5.74) is 3.01. The number of esters is 1. The van der Waals surface area contributed by atoms with E-state index in [1.807, 2.05) is 26.0 Å². The Kier molecular flexibility index (Phi) is 4.93. The highest BCUT2D eigenvalue weighted by atomic mass is 16.6. The molecule has 1 aliphatic rings. The summed E-state index contributed by atoms with van der Waals surface area (Å²) in [7, 11) is 0. The molecule has 1 heterocycles. The molecule has 0 spiro atoms. The molecule has 0 saturated carbocycles. The van der Waals surface area contributed by atoms with Gasteiger partial charge in [-0.1, -0.05) is 12.1 Å². The summed E-state index contributed by atoms with van der Waals surface area (Å²) in [5.74, 6) is -0.244. The van der Waals surface area contributed by atoms with Crippen LogP contribution in [0.3, 0.4) is 0 Å². The van der Waals surface area contributed by atoms with Gasteiger partial charge in [0.2, 0.25) is 0 Å². The van der Waals surface area contributed by atoms with Crippen LogP contribution in [0.15, 0.2) is 18.2 Å². The van der Waals surface area contributed by atoms with E-state index >= 15 is 0 Å². The third-order valence-corrected chi connectivity index (χ3v) is 3.13. The van der Waals surface area contributed by atoms with Crippen LogP contribution in [0.4, 0.5) is 0 Å². The molecule has 1 aliphatic heterocycles. The van der Waals surface area contributed by atoms with Crippen molar-refractivity contribution in [2.45, 2.75) is 32.9 Å². The molecule has 0 radical (unpaired) electrons. The standard InChI is InChI=1S/C15H21NO3/c1-11(2)18-8-9-19-15(17)14-5-3-4-12-10-16-7-6-13(12)14/h3-5,11,16H,6-10H2,1-2H3. The van der Waals surface area contributed by atoms with E-state index in [4.69, 9.17) is 9.47 Å². The summed E-state index contributed by atoms with van der Waals surface area (Å²) in [4.78, 5) is 12.1. The highest BCUT2D eigenvalue weighted by molar-refractivity contribution is 5.91. The van der Waals surface area contributed by atoms with Gasteiger partial charge in [0.1, 0.15) is 6.61 Å². The second kappa shape index (κ2) is 6.68. The molecule has 19 heavy (non-hydrogen) atoms. The predicted molar refractivity (Wildman–Crippen MR) is 73.2 cm³/mol. The lowest BCUT2D eigenvalue weighted by molar-refractivity contribution is 0.0176. The maximum absolute atomic E-state index is 12.1. The first-order valence-corrected chi connectivity index (χ1v) is 6.78. The molecule has 4 heteroatoms. The first-order chi connectivity index (χ1) is 9.18. The van der Waals surface area contributed by atoms with E-state index in [1.54, 1.807) is 0 Å². The van der Waals surface area contributed by atoms with Crippen LogP contribution in [-0.2, 0) is 22.4 Å². The maximum atomic E-state index is 12.1. The minimum absolute atomic E-state index is 0.161. The predicted octanol–water partition coefficient (Wildman–Crippen LogP) is 1.91. The summed E-state index contributed by atoms with van der Waals surface area (Å²) in [5, 5.41) is 3.30. The Bertz CT molecular complexity index is 443. The summed E-state index contributed by atoms with van der Waals surface area (Å²) >= 11 is 0. The van der Waals surface area contributed by atoms with Crippen molar-refractivity contribution in [3.8, 4) is 0 Å². The van der Waals surface area contributed by atoms with Crippen LogP contribution >= 0.6 is 0 Å². The molecule has 1 N–H and O–H groups in total. The average molecular weight is 263 g/mol. The van der Waals surface area contributed by atoms with Gasteiger partial charge in [0.05, 0.1) is 18.3 Å². The van der Waals surface area contributed by atoms with Crippen LogP contribution in [0.25, 0.3) is 0 Å². The average Bonchev–Trinajstić information content (AvgIpc) is 2.42. The molecule has 0 aromatic heterocycles. The van der Waals surface area contributed by atoms with Crippen molar-refractivity contribution in [1.29, 1.82) is 0 Å². The number of hydrogen-bond acceptors (Lipinski definition) is 4. The van der Waals surface area contributed by atoms with Gasteiger partial charge in [-0.3, -0.25) is 0 Å². The lowest BCUT2D eigenvalue weighted by Gasteiger charge is -2.19. The van der Waals surface area contributed by atoms with Crippen molar-refractivity contribution in [2.24, 2.45) is 0 Å². The minimum Gasteiger partial charge on any atom is -0.460 e. The fraction of sp³-hybridized carbons (Fsp3) is 0.533. The molecule has 4 nitrogen and oxygen atoms in total. The van der Waals surface area contributed by atoms with E-state index in [1.165, 1.54) is 5.56 Å². The molecule has 0 aliphatic carbocycles. The normalized spacial score (nSPS) is 14.3. The zero-order valence-electron chi connectivity index (χ0n) is 11.6. The van der Waals surface area contributed by atoms with Gasteiger partial charge in [-0.05, 0) is 44.0 Å². The van der Waals surface area contributed by atoms with Gasteiger partial charge in [-0.2, -0.15) is 0 Å². The maximum Gasteiger partial charge on any atom is 0.338 e. The SMILES string of the molecule is CC(C)OCCOC(=O)c1cccc2c1CCNC2. The second-order valence-electron chi connectivity index (χ2n) is 4.93. The van der Waals surface area contributed by atoms with Gasteiger partial charge in [-0.15, -0.1) is 0 Å². The third-order valence-electron chi connectivity index (χ3n) is 3.13. The van der Waals surface area contributed by atoms with Gasteiger partial charge in [0.25, 0.3) is 0 Å². The number of ether oxygens (including phenoxy) is 2. The lowest BCUT2D eigenvalue weighted by atomic mass is 9.95. The summed E-state index contributed by atoms with van der Waals surface area (Å²) in [6, 6.07) is 5.81. The molecule has 1 aromatic rings. The van der Waals surface area contributed by atoms with Crippen LogP contribution in [0.1, 0.15) is 35.3 Å². The van der Waals surface area contributed by atoms with Crippen LogP contribution in [0.2, 0.25) is 0 Å². The van der Waals surface area contributed by atoms with E-state index < -0.39 is 0 Å². The van der Waals surface area contributed by atoms with Crippen LogP contribution in [0, 0.1) is 0 Å². The van der Waals surface area contributed by atoms with Gasteiger partial charge in [0.15, 0.2) is 0 Å². The van der Waals surface area contributed by atoms with Gasteiger partial charge < -0.3 is 14.8 Å². The number of carbonyl (C=O) groups excluding carboxylic acids is 1. The summed E-state index contributed by atoms with van der Waals surface area (Å²) < 4.78 is 10.6. The zero-order chi connectivity index (χ0) is 13.7. The third kappa shape index (κ3) is 3.78. The number of fused-ring (bicyclic) bond motifs is 1. The highest BCUT2D eigenvalue weighted by Gasteiger charge is 2.18. The highest BCUT2D eigenvalue weighted by Crippen LogP contribution is 2.19. The van der Waals surface area contributed by atoms with Crippen molar-refractivity contribution in [2.75, 3.05) is 19.8 Å². The summed E-state index contributed by atoms with van der Waals surface area (Å²) in [6.07, 6.45) is 1.04. The molecular formula is C15H21NO3. The number of hydrogen-bond donors (Lipinski definition) is 1. The molecule has 0 amide bonds. The number of benzene rings is 1. The van der Waals surface area contributed by atoms with Crippen molar-refractivity contribution in [1.82, 2.24) is 5.32 Å². The number of carbonyl (C=O) groups is 1. The Morgan fingerprint density at radius 1 is 1.37 bits per heavy atom. The van der Waals surface area contributed by atoms with E-state index in [0.29, 0.717) is 18.8 Å². The molecule has 0 saturated heterocycles. The molecule has 1 aromatic carbocycles. The monoisotopic (exact) mass is 263 g/mol. The Labute approximate surface area is 114 Å². The Morgan fingerprint density at radius 2 is 2.21 bits per heavy atom. The molecule has 0 bridgehead atoms. The molecule has 0 atom stereocenters. The van der Waals surface area contributed by atoms with Crippen LogP contribution < -0.4 is 5.32 Å². The zero-order valence-corrected chi connectivity index (χ0v) is 11.6. The Morgan fingerprint density at radius 3 is 3.00 bits per heavy atom. The quantitative estimate of drug-likeness (QED) is 0.651. The van der Waals surface area contributed by atoms with Gasteiger partial charge in [-0.25, -0.2) is 4.79 Å². The van der Waals surface area contributed by atoms with E-state index in [0.717, 1.165) is 25.1 Å². The second-order valence-corrected chi connectivity index (χ2v) is 4.93. The summed E-state index contributed by atoms with van der Waals surface area (Å²) in [6.45, 7) is 6.41. The largest absolute Gasteiger partial charge is 0.460 e. The lowest BCUT2D eigenvalue weighted by Crippen LogP contribution is -2.26. The Balaban J connectivity index is 1.95. The fourth-order valence-electron chi connectivity index (χ4n) is 2.22. The first-order valence-electron chi connectivity index (χ1n) is 6.78. The van der Waals surface area contributed by atoms with E-state index in [2.05, 4.69) is 11.4 Å². The number of rotatable bonds is 5. The topological polar surface area (TPSA) is 47.6 Å².